The molecule has 0 radical (unpaired) electrons. The molecule has 0 aromatic heterocycles. The number of carbonyl (C=O) groups excluding carboxylic acids is 1. The number of aliphatic imine (C=N–C) groups is 1. The number of rotatable bonds is 7. The third-order valence-corrected chi connectivity index (χ3v) is 5.17. The minimum absolute atomic E-state index is 0.0395. The predicted octanol–water partition coefficient (Wildman–Crippen LogP) is 5.19. The quantitative estimate of drug-likeness (QED) is 0.358. The Morgan fingerprint density at radius 3 is 2.39 bits per heavy atom. The zero-order valence-corrected chi connectivity index (χ0v) is 17.7. The second kappa shape index (κ2) is 9.94. The van der Waals surface area contributed by atoms with Crippen LogP contribution in [-0.4, -0.2) is 34.3 Å². The van der Waals surface area contributed by atoms with Gasteiger partial charge >= 0.3 is 5.97 Å². The predicted molar refractivity (Wildman–Crippen MR) is 120 cm³/mol. The minimum atomic E-state index is -0.691. The fraction of sp³-hybridized carbons (Fsp3) is 0.182. The van der Waals surface area contributed by atoms with E-state index in [1.165, 1.54) is 24.3 Å². The van der Waals surface area contributed by atoms with Gasteiger partial charge in [-0.3, -0.25) is 10.1 Å². The van der Waals surface area contributed by atoms with E-state index in [1.807, 2.05) is 31.2 Å². The van der Waals surface area contributed by atoms with Crippen LogP contribution in [0.1, 0.15) is 19.4 Å². The van der Waals surface area contributed by atoms with E-state index in [1.54, 1.807) is 13.0 Å². The molecule has 8 nitrogen and oxygen atoms in total. The highest BCUT2D eigenvalue weighted by atomic mass is 32.2. The van der Waals surface area contributed by atoms with Crippen molar-refractivity contribution in [2.75, 3.05) is 13.2 Å². The fourth-order valence-corrected chi connectivity index (χ4v) is 3.77. The first-order valence-electron chi connectivity index (χ1n) is 9.49. The molecule has 1 aliphatic rings. The molecule has 0 fully saturated rings. The molecule has 0 saturated heterocycles. The standard InChI is InChI=1S/C22H20N2O6S/c1-3-29-17-11-5-14(6-12-17)13-18-20(25)19(22(26)30-4-2)21(31-18)23-15-7-9-16(10-8-15)24(27)28/h5-13,25H,3-4H2,1-2H3/b18-13-,23-21?. The third kappa shape index (κ3) is 5.32. The SMILES string of the molecule is CCOC(=O)C1=C(O)/C(=C/c2ccc(OCC)cc2)SC1=Nc1ccc([N+](=O)[O-])cc1. The maximum atomic E-state index is 12.4. The summed E-state index contributed by atoms with van der Waals surface area (Å²) in [5, 5.41) is 21.8. The Morgan fingerprint density at radius 2 is 1.81 bits per heavy atom. The number of hydrogen-bond acceptors (Lipinski definition) is 8. The number of ether oxygens (including phenoxy) is 2. The van der Waals surface area contributed by atoms with Crippen molar-refractivity contribution in [1.29, 1.82) is 0 Å². The van der Waals surface area contributed by atoms with E-state index in [-0.39, 0.29) is 28.7 Å². The molecular weight excluding hydrogens is 420 g/mol. The van der Waals surface area contributed by atoms with Gasteiger partial charge in [0.15, 0.2) is 0 Å². The second-order valence-corrected chi connectivity index (χ2v) is 7.28. The monoisotopic (exact) mass is 440 g/mol. The van der Waals surface area contributed by atoms with Gasteiger partial charge in [-0.2, -0.15) is 0 Å². The smallest absolute Gasteiger partial charge is 0.344 e. The number of non-ortho nitro benzene ring substituents is 1. The van der Waals surface area contributed by atoms with Crippen LogP contribution in [0.5, 0.6) is 5.75 Å². The highest BCUT2D eigenvalue weighted by Crippen LogP contribution is 2.40. The zero-order chi connectivity index (χ0) is 22.4. The van der Waals surface area contributed by atoms with Crippen molar-refractivity contribution in [3.05, 3.63) is 80.4 Å². The zero-order valence-electron chi connectivity index (χ0n) is 16.9. The van der Waals surface area contributed by atoms with Gasteiger partial charge in [-0.05, 0) is 49.8 Å². The Kier molecular flexibility index (Phi) is 7.09. The number of thioether (sulfide) groups is 1. The molecule has 2 aromatic rings. The van der Waals surface area contributed by atoms with E-state index in [2.05, 4.69) is 4.99 Å². The van der Waals surface area contributed by atoms with Crippen molar-refractivity contribution in [1.82, 2.24) is 0 Å². The summed E-state index contributed by atoms with van der Waals surface area (Å²) < 4.78 is 10.5. The normalized spacial score (nSPS) is 16.1. The number of carbonyl (C=O) groups is 1. The molecular formula is C22H20N2O6S. The number of nitro groups is 1. The van der Waals surface area contributed by atoms with Crippen molar-refractivity contribution in [3.8, 4) is 5.75 Å². The number of nitro benzene ring substituents is 1. The van der Waals surface area contributed by atoms with Gasteiger partial charge in [0.2, 0.25) is 0 Å². The van der Waals surface area contributed by atoms with Crippen LogP contribution in [-0.2, 0) is 9.53 Å². The average molecular weight is 440 g/mol. The van der Waals surface area contributed by atoms with Gasteiger partial charge in [-0.1, -0.05) is 23.9 Å². The van der Waals surface area contributed by atoms with Crippen LogP contribution in [0, 0.1) is 10.1 Å². The van der Waals surface area contributed by atoms with E-state index in [0.29, 0.717) is 17.2 Å². The largest absolute Gasteiger partial charge is 0.506 e. The molecule has 1 aliphatic heterocycles. The van der Waals surface area contributed by atoms with Crippen LogP contribution >= 0.6 is 11.8 Å². The molecule has 0 spiro atoms. The number of aliphatic hydroxyl groups excluding tert-OH is 1. The summed E-state index contributed by atoms with van der Waals surface area (Å²) in [6, 6.07) is 12.9. The Hall–Kier alpha value is -3.59. The van der Waals surface area contributed by atoms with Crippen molar-refractivity contribution in [2.45, 2.75) is 13.8 Å². The average Bonchev–Trinajstić information content (AvgIpc) is 3.05. The summed E-state index contributed by atoms with van der Waals surface area (Å²) in [6.45, 7) is 4.27. The second-order valence-electron chi connectivity index (χ2n) is 6.25. The summed E-state index contributed by atoms with van der Waals surface area (Å²) in [7, 11) is 0. The van der Waals surface area contributed by atoms with Crippen molar-refractivity contribution in [2.24, 2.45) is 4.99 Å². The van der Waals surface area contributed by atoms with Gasteiger partial charge in [0.25, 0.3) is 5.69 Å². The molecule has 1 N–H and O–H groups in total. The van der Waals surface area contributed by atoms with Crippen molar-refractivity contribution < 1.29 is 24.3 Å². The van der Waals surface area contributed by atoms with Crippen LogP contribution in [0.2, 0.25) is 0 Å². The maximum absolute atomic E-state index is 12.4. The molecule has 9 heteroatoms. The minimum Gasteiger partial charge on any atom is -0.506 e. The summed E-state index contributed by atoms with van der Waals surface area (Å²) in [5.74, 6) is -0.183. The summed E-state index contributed by atoms with van der Waals surface area (Å²) in [5.41, 5.74) is 1.10. The van der Waals surface area contributed by atoms with Gasteiger partial charge in [-0.15, -0.1) is 0 Å². The molecule has 0 amide bonds. The lowest BCUT2D eigenvalue weighted by atomic mass is 10.1. The Morgan fingerprint density at radius 1 is 1.13 bits per heavy atom. The Labute approximate surface area is 183 Å². The molecule has 1 heterocycles. The van der Waals surface area contributed by atoms with Crippen LogP contribution in [0.4, 0.5) is 11.4 Å². The maximum Gasteiger partial charge on any atom is 0.344 e. The molecule has 3 rings (SSSR count). The molecule has 2 aromatic carbocycles. The third-order valence-electron chi connectivity index (χ3n) is 4.15. The van der Waals surface area contributed by atoms with Crippen LogP contribution < -0.4 is 4.74 Å². The summed E-state index contributed by atoms with van der Waals surface area (Å²) in [6.07, 6.45) is 1.73. The van der Waals surface area contributed by atoms with Crippen LogP contribution in [0.25, 0.3) is 6.08 Å². The first kappa shape index (κ1) is 22.1. The van der Waals surface area contributed by atoms with Gasteiger partial charge in [0, 0.05) is 12.1 Å². The summed E-state index contributed by atoms with van der Waals surface area (Å²) in [4.78, 5) is 27.6. The number of aliphatic hydroxyl groups is 1. The molecule has 31 heavy (non-hydrogen) atoms. The lowest BCUT2D eigenvalue weighted by Gasteiger charge is -2.03. The van der Waals surface area contributed by atoms with Gasteiger partial charge in [0.05, 0.1) is 28.7 Å². The Bertz CT molecular complexity index is 1070. The van der Waals surface area contributed by atoms with E-state index >= 15 is 0 Å². The van der Waals surface area contributed by atoms with E-state index < -0.39 is 10.9 Å². The number of esters is 1. The molecule has 0 atom stereocenters. The molecule has 160 valence electrons. The summed E-state index contributed by atoms with van der Waals surface area (Å²) >= 11 is 1.12. The fourth-order valence-electron chi connectivity index (χ4n) is 2.74. The van der Waals surface area contributed by atoms with Crippen molar-refractivity contribution in [3.63, 3.8) is 0 Å². The number of benzene rings is 2. The van der Waals surface area contributed by atoms with E-state index in [4.69, 9.17) is 9.47 Å². The van der Waals surface area contributed by atoms with Crippen LogP contribution in [0.15, 0.2) is 69.8 Å². The van der Waals surface area contributed by atoms with Gasteiger partial charge < -0.3 is 14.6 Å². The highest BCUT2D eigenvalue weighted by molar-refractivity contribution is 8.18. The lowest BCUT2D eigenvalue weighted by Crippen LogP contribution is -2.12. The number of nitrogens with zero attached hydrogens (tertiary/aromatic N) is 2. The van der Waals surface area contributed by atoms with Crippen LogP contribution in [0.3, 0.4) is 0 Å². The Balaban J connectivity index is 1.96. The molecule has 0 bridgehead atoms. The first-order chi connectivity index (χ1) is 14.9. The first-order valence-corrected chi connectivity index (χ1v) is 10.3. The van der Waals surface area contributed by atoms with Crippen molar-refractivity contribution >= 4 is 40.2 Å². The number of hydrogen-bond donors (Lipinski definition) is 1. The molecule has 0 unspecified atom stereocenters. The molecule has 0 aliphatic carbocycles. The van der Waals surface area contributed by atoms with E-state index in [9.17, 15) is 20.0 Å². The molecule has 0 saturated carbocycles. The van der Waals surface area contributed by atoms with E-state index in [0.717, 1.165) is 23.1 Å². The van der Waals surface area contributed by atoms with Gasteiger partial charge in [-0.25, -0.2) is 9.79 Å². The highest BCUT2D eigenvalue weighted by Gasteiger charge is 2.33. The topological polar surface area (TPSA) is 111 Å². The lowest BCUT2D eigenvalue weighted by molar-refractivity contribution is -0.384. The van der Waals surface area contributed by atoms with Gasteiger partial charge in [0.1, 0.15) is 22.1 Å².